The fraction of sp³-hybridized carbons (Fsp3) is 0.188. The molecule has 0 atom stereocenters. The fourth-order valence-electron chi connectivity index (χ4n) is 2.07. The van der Waals surface area contributed by atoms with Crippen LogP contribution in [0.1, 0.15) is 15.9 Å². The Labute approximate surface area is 112 Å². The molecule has 0 bridgehead atoms. The fourth-order valence-corrected chi connectivity index (χ4v) is 2.07. The zero-order valence-corrected chi connectivity index (χ0v) is 11.3. The van der Waals surface area contributed by atoms with Crippen LogP contribution in [0.15, 0.2) is 36.4 Å². The van der Waals surface area contributed by atoms with Crippen LogP contribution in [0.25, 0.3) is 11.1 Å². The van der Waals surface area contributed by atoms with Crippen LogP contribution in [0.3, 0.4) is 0 Å². The molecule has 0 saturated heterocycles. The number of hydrogen-bond acceptors (Lipinski definition) is 3. The van der Waals surface area contributed by atoms with Gasteiger partial charge in [0.15, 0.2) is 6.29 Å². The number of benzene rings is 2. The number of ether oxygens (including phenoxy) is 2. The molecule has 0 aliphatic carbocycles. The van der Waals surface area contributed by atoms with Crippen LogP contribution in [-0.4, -0.2) is 20.5 Å². The molecule has 0 unspecified atom stereocenters. The van der Waals surface area contributed by atoms with E-state index in [2.05, 4.69) is 0 Å². The predicted molar refractivity (Wildman–Crippen MR) is 75.1 cm³/mol. The Morgan fingerprint density at radius 2 is 1.79 bits per heavy atom. The predicted octanol–water partition coefficient (Wildman–Crippen LogP) is 3.49. The summed E-state index contributed by atoms with van der Waals surface area (Å²) in [6, 6.07) is 11.3. The van der Waals surface area contributed by atoms with E-state index >= 15 is 0 Å². The van der Waals surface area contributed by atoms with Gasteiger partial charge in [-0.3, -0.25) is 4.79 Å². The van der Waals surface area contributed by atoms with E-state index in [9.17, 15) is 4.79 Å². The molecule has 0 heterocycles. The number of rotatable bonds is 4. The first-order valence-corrected chi connectivity index (χ1v) is 5.98. The maximum absolute atomic E-state index is 11.2. The third-order valence-electron chi connectivity index (χ3n) is 3.09. The highest BCUT2D eigenvalue weighted by Gasteiger charge is 2.08. The van der Waals surface area contributed by atoms with Crippen LogP contribution in [0.4, 0.5) is 0 Å². The molecule has 0 aliphatic rings. The van der Waals surface area contributed by atoms with Crippen molar-refractivity contribution >= 4 is 6.29 Å². The minimum absolute atomic E-state index is 0.615. The van der Waals surface area contributed by atoms with Gasteiger partial charge in [-0.15, -0.1) is 0 Å². The van der Waals surface area contributed by atoms with E-state index in [4.69, 9.17) is 9.47 Å². The molecule has 0 amide bonds. The molecule has 3 heteroatoms. The lowest BCUT2D eigenvalue weighted by Crippen LogP contribution is -1.92. The van der Waals surface area contributed by atoms with E-state index in [1.165, 1.54) is 0 Å². The molecule has 0 aliphatic heterocycles. The zero-order chi connectivity index (χ0) is 13.8. The molecule has 0 spiro atoms. The molecular weight excluding hydrogens is 240 g/mol. The van der Waals surface area contributed by atoms with E-state index in [1.54, 1.807) is 20.3 Å². The lowest BCUT2D eigenvalue weighted by atomic mass is 9.98. The van der Waals surface area contributed by atoms with E-state index < -0.39 is 0 Å². The first kappa shape index (κ1) is 13.1. The smallest absolute Gasteiger partial charge is 0.150 e. The van der Waals surface area contributed by atoms with Crippen molar-refractivity contribution < 1.29 is 14.3 Å². The highest BCUT2D eigenvalue weighted by Crippen LogP contribution is 2.29. The van der Waals surface area contributed by atoms with Crippen LogP contribution in [-0.2, 0) is 0 Å². The van der Waals surface area contributed by atoms with Crippen LogP contribution in [0.5, 0.6) is 11.5 Å². The van der Waals surface area contributed by atoms with E-state index in [1.807, 2.05) is 37.3 Å². The van der Waals surface area contributed by atoms with Gasteiger partial charge in [0, 0.05) is 5.56 Å². The van der Waals surface area contributed by atoms with Crippen molar-refractivity contribution in [2.24, 2.45) is 0 Å². The van der Waals surface area contributed by atoms with Gasteiger partial charge < -0.3 is 9.47 Å². The Bertz CT molecular complexity index is 603. The lowest BCUT2D eigenvalue weighted by molar-refractivity contribution is 0.112. The quantitative estimate of drug-likeness (QED) is 0.785. The largest absolute Gasteiger partial charge is 0.497 e. The van der Waals surface area contributed by atoms with Crippen molar-refractivity contribution in [3.05, 3.63) is 47.5 Å². The average molecular weight is 256 g/mol. The van der Waals surface area contributed by atoms with E-state index in [-0.39, 0.29) is 0 Å². The lowest BCUT2D eigenvalue weighted by Gasteiger charge is -2.10. The number of carbonyl (C=O) groups excluding carboxylic acids is 1. The number of carbonyl (C=O) groups is 1. The summed E-state index contributed by atoms with van der Waals surface area (Å²) in [7, 11) is 3.23. The van der Waals surface area contributed by atoms with Crippen LogP contribution >= 0.6 is 0 Å². The number of methoxy groups -OCH3 is 2. The highest BCUT2D eigenvalue weighted by molar-refractivity contribution is 5.88. The maximum atomic E-state index is 11.2. The summed E-state index contributed by atoms with van der Waals surface area (Å²) in [6.07, 6.45) is 0.845. The summed E-state index contributed by atoms with van der Waals surface area (Å²) in [4.78, 5) is 11.2. The second-order valence-electron chi connectivity index (χ2n) is 4.26. The number of hydrogen-bond donors (Lipinski definition) is 0. The van der Waals surface area contributed by atoms with Crippen molar-refractivity contribution in [1.29, 1.82) is 0 Å². The molecule has 0 fully saturated rings. The molecule has 0 saturated carbocycles. The molecule has 98 valence electrons. The van der Waals surface area contributed by atoms with Crippen molar-refractivity contribution in [3.63, 3.8) is 0 Å². The average Bonchev–Trinajstić information content (AvgIpc) is 2.46. The molecular formula is C16H16O3. The normalized spacial score (nSPS) is 10.1. The van der Waals surface area contributed by atoms with Gasteiger partial charge in [-0.05, 0) is 53.9 Å². The SMILES string of the molecule is COc1ccc(-c2ccc(OC)c(C)c2)c(C=O)c1. The minimum atomic E-state index is 0.615. The first-order valence-electron chi connectivity index (χ1n) is 5.98. The molecule has 0 aromatic heterocycles. The third kappa shape index (κ3) is 2.60. The number of aldehydes is 1. The van der Waals surface area contributed by atoms with E-state index in [0.29, 0.717) is 11.3 Å². The summed E-state index contributed by atoms with van der Waals surface area (Å²) in [5.41, 5.74) is 3.53. The van der Waals surface area contributed by atoms with Gasteiger partial charge in [-0.1, -0.05) is 6.07 Å². The van der Waals surface area contributed by atoms with Crippen molar-refractivity contribution in [2.45, 2.75) is 6.92 Å². The molecule has 3 nitrogen and oxygen atoms in total. The van der Waals surface area contributed by atoms with Crippen molar-refractivity contribution in [3.8, 4) is 22.6 Å². The first-order chi connectivity index (χ1) is 9.19. The van der Waals surface area contributed by atoms with Crippen LogP contribution < -0.4 is 9.47 Å². The van der Waals surface area contributed by atoms with Gasteiger partial charge in [0.05, 0.1) is 14.2 Å². The highest BCUT2D eigenvalue weighted by atomic mass is 16.5. The van der Waals surface area contributed by atoms with Gasteiger partial charge in [0.1, 0.15) is 11.5 Å². The zero-order valence-electron chi connectivity index (χ0n) is 11.3. The maximum Gasteiger partial charge on any atom is 0.150 e. The summed E-state index contributed by atoms with van der Waals surface area (Å²) in [5, 5.41) is 0. The Hall–Kier alpha value is -2.29. The Kier molecular flexibility index (Phi) is 3.85. The summed E-state index contributed by atoms with van der Waals surface area (Å²) < 4.78 is 10.4. The van der Waals surface area contributed by atoms with Crippen LogP contribution in [0, 0.1) is 6.92 Å². The van der Waals surface area contributed by atoms with Gasteiger partial charge in [0.25, 0.3) is 0 Å². The van der Waals surface area contributed by atoms with Crippen molar-refractivity contribution in [2.75, 3.05) is 14.2 Å². The third-order valence-corrected chi connectivity index (χ3v) is 3.09. The topological polar surface area (TPSA) is 35.5 Å². The molecule has 2 aromatic rings. The van der Waals surface area contributed by atoms with Gasteiger partial charge in [-0.2, -0.15) is 0 Å². The van der Waals surface area contributed by atoms with Crippen molar-refractivity contribution in [1.82, 2.24) is 0 Å². The molecule has 0 radical (unpaired) electrons. The second kappa shape index (κ2) is 5.57. The molecule has 2 aromatic carbocycles. The van der Waals surface area contributed by atoms with Gasteiger partial charge in [-0.25, -0.2) is 0 Å². The number of aryl methyl sites for hydroxylation is 1. The summed E-state index contributed by atoms with van der Waals surface area (Å²) >= 11 is 0. The summed E-state index contributed by atoms with van der Waals surface area (Å²) in [6.45, 7) is 1.98. The second-order valence-corrected chi connectivity index (χ2v) is 4.26. The van der Waals surface area contributed by atoms with E-state index in [0.717, 1.165) is 28.7 Å². The standard InChI is InChI=1S/C16H16O3/c1-11-8-12(4-7-16(11)19-3)15-6-5-14(18-2)9-13(15)10-17/h4-10H,1-3H3. The van der Waals surface area contributed by atoms with Gasteiger partial charge in [0.2, 0.25) is 0 Å². The van der Waals surface area contributed by atoms with Gasteiger partial charge >= 0.3 is 0 Å². The molecule has 0 N–H and O–H groups in total. The Balaban J connectivity index is 2.52. The molecule has 19 heavy (non-hydrogen) atoms. The Morgan fingerprint density at radius 3 is 2.37 bits per heavy atom. The Morgan fingerprint density at radius 1 is 1.00 bits per heavy atom. The monoisotopic (exact) mass is 256 g/mol. The molecule has 2 rings (SSSR count). The van der Waals surface area contributed by atoms with Crippen LogP contribution in [0.2, 0.25) is 0 Å². The summed E-state index contributed by atoms with van der Waals surface area (Å²) in [5.74, 6) is 1.51. The minimum Gasteiger partial charge on any atom is -0.497 e.